The summed E-state index contributed by atoms with van der Waals surface area (Å²) >= 11 is 3.18. The average Bonchev–Trinajstić information content (AvgIpc) is 4.29. The molecule has 3 aliphatic heterocycles. The zero-order valence-electron chi connectivity index (χ0n) is 45.1. The van der Waals surface area contributed by atoms with Crippen molar-refractivity contribution in [1.82, 2.24) is 19.1 Å². The fourth-order valence-electron chi connectivity index (χ4n) is 11.2. The number of aryl methyl sites for hydroxylation is 2. The molecule has 0 spiro atoms. The predicted octanol–water partition coefficient (Wildman–Crippen LogP) is 7.29. The van der Waals surface area contributed by atoms with Gasteiger partial charge in [-0.2, -0.15) is 0 Å². The number of methoxy groups -OCH3 is 2. The second-order valence-corrected chi connectivity index (χ2v) is 29.7. The molecule has 3 aliphatic rings. The first-order valence-electron chi connectivity index (χ1n) is 26.3. The first kappa shape index (κ1) is 56.2. The monoisotopic (exact) mass is 1180 g/mol. The Morgan fingerprint density at radius 1 is 0.646 bits per heavy atom. The van der Waals surface area contributed by atoms with Crippen LogP contribution in [0.2, 0.25) is 5.04 Å². The molecule has 0 radical (unpaired) electrons. The fraction of sp³-hybridized carbons (Fsp3) is 0.356. The van der Waals surface area contributed by atoms with Crippen molar-refractivity contribution in [2.45, 2.75) is 107 Å². The summed E-state index contributed by atoms with van der Waals surface area (Å²) in [5.74, 6) is 1.33. The molecule has 79 heavy (non-hydrogen) atoms. The van der Waals surface area contributed by atoms with Gasteiger partial charge in [-0.3, -0.25) is 0 Å². The summed E-state index contributed by atoms with van der Waals surface area (Å²) in [7, 11) is -0.0238. The van der Waals surface area contributed by atoms with Crippen LogP contribution in [-0.2, 0) is 37.8 Å². The van der Waals surface area contributed by atoms with Gasteiger partial charge in [0.2, 0.25) is 0 Å². The Kier molecular flexibility index (Phi) is 16.5. The van der Waals surface area contributed by atoms with Crippen molar-refractivity contribution in [3.8, 4) is 11.5 Å². The molecule has 2 aromatic heterocycles. The fourth-order valence-corrected chi connectivity index (χ4v) is 19.4. The molecular formula is C59H65N4O13PSeSi. The van der Waals surface area contributed by atoms with Crippen LogP contribution in [0.25, 0.3) is 0 Å². The van der Waals surface area contributed by atoms with Crippen LogP contribution < -0.4 is 42.3 Å². The molecule has 10 rings (SSSR count). The Balaban J connectivity index is 1.02. The van der Waals surface area contributed by atoms with E-state index in [0.29, 0.717) is 29.0 Å². The molecule has 0 bridgehead atoms. The zero-order valence-corrected chi connectivity index (χ0v) is 48.7. The van der Waals surface area contributed by atoms with Gasteiger partial charge in [0, 0.05) is 0 Å². The molecule has 414 valence electrons. The number of aromatic amines is 2. The predicted molar refractivity (Wildman–Crippen MR) is 303 cm³/mol. The maximum absolute atomic E-state index is 13.6. The summed E-state index contributed by atoms with van der Waals surface area (Å²) in [6.07, 6.45) is -1.83. The summed E-state index contributed by atoms with van der Waals surface area (Å²) in [5, 5.41) is 1.71. The van der Waals surface area contributed by atoms with E-state index in [-0.39, 0.29) is 26.1 Å². The molecule has 5 heterocycles. The van der Waals surface area contributed by atoms with Crippen molar-refractivity contribution in [3.63, 3.8) is 0 Å². The van der Waals surface area contributed by atoms with Gasteiger partial charge in [0.25, 0.3) is 0 Å². The van der Waals surface area contributed by atoms with E-state index >= 15 is 0 Å². The second-order valence-electron chi connectivity index (χ2n) is 21.1. The molecular weight excluding hydrogens is 1110 g/mol. The van der Waals surface area contributed by atoms with E-state index < -0.39 is 91.1 Å². The summed E-state index contributed by atoms with van der Waals surface area (Å²) in [6, 6.07) is 45.8. The molecule has 17 nitrogen and oxygen atoms in total. The number of ether oxygens (including phenoxy) is 5. The van der Waals surface area contributed by atoms with E-state index in [1.54, 1.807) is 28.1 Å². The Labute approximate surface area is 467 Å². The van der Waals surface area contributed by atoms with Crippen molar-refractivity contribution in [2.75, 3.05) is 27.4 Å². The van der Waals surface area contributed by atoms with Gasteiger partial charge in [-0.05, 0) is 0 Å². The first-order valence-corrected chi connectivity index (χ1v) is 32.0. The number of hydrogen-bond donors (Lipinski definition) is 2. The van der Waals surface area contributed by atoms with Gasteiger partial charge < -0.3 is 0 Å². The van der Waals surface area contributed by atoms with E-state index in [1.807, 2.05) is 115 Å². The molecule has 0 saturated carbocycles. The zero-order chi connectivity index (χ0) is 55.7. The number of rotatable bonds is 17. The molecule has 1 unspecified atom stereocenters. The van der Waals surface area contributed by atoms with E-state index in [2.05, 4.69) is 70.6 Å². The van der Waals surface area contributed by atoms with Gasteiger partial charge in [-0.25, -0.2) is 0 Å². The van der Waals surface area contributed by atoms with Gasteiger partial charge in [-0.15, -0.1) is 0 Å². The van der Waals surface area contributed by atoms with Crippen molar-refractivity contribution >= 4 is 40.9 Å². The van der Waals surface area contributed by atoms with Crippen LogP contribution in [0.5, 0.6) is 11.5 Å². The van der Waals surface area contributed by atoms with E-state index in [4.69, 9.17) is 41.7 Å². The Morgan fingerprint density at radius 3 is 1.61 bits per heavy atom. The average molecular weight is 1180 g/mol. The number of H-pyrrole nitrogens is 2. The summed E-state index contributed by atoms with van der Waals surface area (Å²) in [4.78, 5) is 57.4. The van der Waals surface area contributed by atoms with Crippen LogP contribution in [-0.4, -0.2) is 101 Å². The van der Waals surface area contributed by atoms with E-state index in [0.717, 1.165) is 27.1 Å². The van der Waals surface area contributed by atoms with Gasteiger partial charge >= 0.3 is 455 Å². The number of nitrogens with zero attached hydrogens (tertiary/aromatic N) is 2. The molecule has 3 fully saturated rings. The van der Waals surface area contributed by atoms with Crippen molar-refractivity contribution in [2.24, 2.45) is 0 Å². The third kappa shape index (κ3) is 11.2. The molecule has 20 heteroatoms. The quantitative estimate of drug-likeness (QED) is 0.0526. The van der Waals surface area contributed by atoms with Crippen LogP contribution in [0.15, 0.2) is 171 Å². The third-order valence-corrected chi connectivity index (χ3v) is 23.5. The topological polar surface area (TPSA) is 193 Å². The molecule has 0 amide bonds. The SMILES string of the molecule is COc1ccc(C(OC[C@H]2O[C@@H](n3cc(C)c(=O)[nH]c3=O)C[C@@H]2O[P+]2([Se-])OCC[C@H]([C@H]3O[C@@H](n4cc(C)c(=O)[nH]c4=O)C[C@@H]3O[Si](c3ccccc3)(c3ccccc3)C(C)(C)C)O2)(c2ccccc2)c2ccc(OC)cc2)cc1. The van der Waals surface area contributed by atoms with Crippen LogP contribution in [0.4, 0.5) is 0 Å². The minimum absolute atomic E-state index is 0.0796. The summed E-state index contributed by atoms with van der Waals surface area (Å²) < 4.78 is 63.8. The number of hydrogen-bond acceptors (Lipinski definition) is 13. The van der Waals surface area contributed by atoms with Gasteiger partial charge in [0.05, 0.1) is 14.2 Å². The Morgan fingerprint density at radius 2 is 1.11 bits per heavy atom. The Hall–Kier alpha value is -6.05. The molecule has 5 aromatic carbocycles. The van der Waals surface area contributed by atoms with Crippen LogP contribution in [0.1, 0.15) is 80.3 Å². The number of aromatic nitrogens is 4. The molecule has 0 aliphatic carbocycles. The van der Waals surface area contributed by atoms with E-state index in [1.165, 1.54) is 21.5 Å². The van der Waals surface area contributed by atoms with Crippen LogP contribution in [0, 0.1) is 13.8 Å². The van der Waals surface area contributed by atoms with Crippen LogP contribution >= 0.6 is 6.63 Å². The van der Waals surface area contributed by atoms with Crippen LogP contribution in [0.3, 0.4) is 0 Å². The molecule has 8 atom stereocenters. The molecule has 7 aromatic rings. The Bertz CT molecular complexity index is 3390. The number of benzene rings is 5. The first-order chi connectivity index (χ1) is 37.9. The summed E-state index contributed by atoms with van der Waals surface area (Å²) in [6.45, 7) is 6.50. The maximum atomic E-state index is 13.6. The van der Waals surface area contributed by atoms with Crippen molar-refractivity contribution in [1.29, 1.82) is 0 Å². The third-order valence-electron chi connectivity index (χ3n) is 15.1. The van der Waals surface area contributed by atoms with Crippen molar-refractivity contribution < 1.29 is 41.7 Å². The second kappa shape index (κ2) is 23.2. The minimum atomic E-state index is -3.48. The molecule has 2 N–H and O–H groups in total. The van der Waals surface area contributed by atoms with Crippen molar-refractivity contribution in [3.05, 3.63) is 221 Å². The van der Waals surface area contributed by atoms with Gasteiger partial charge in [0.15, 0.2) is 0 Å². The van der Waals surface area contributed by atoms with Gasteiger partial charge in [-0.1, -0.05) is 0 Å². The number of nitrogens with one attached hydrogen (secondary N) is 2. The van der Waals surface area contributed by atoms with E-state index in [9.17, 15) is 19.2 Å². The normalized spacial score (nSPS) is 23.6. The standard InChI is InChI=1S/C59H65N4O13PSeSi/c1-38-35-62(56(66)60-54(38)64)51-33-48(50(72-51)37-70-59(40-17-11-8-12-18-40,41-23-27-43(68-6)28-24-41)42-25-29-44(69-7)30-26-42)75-77(78)71-32-31-47(74-77)53-49(34-52(73-53)63-36-39(2)55(65)61-57(63)67)76-79(58(3,4)5,45-19-13-9-14-20-45)46-21-15-10-16-22-46/h8-30,35-36,47-53H,31-34,37H2,1-7H3,(H,60,64,66)(H,61,65,67)/t47-,48+,49+,50-,51-,52-,53-,77?/m1/s1. The summed E-state index contributed by atoms with van der Waals surface area (Å²) in [5.41, 5.74) is -0.399. The van der Waals surface area contributed by atoms with Gasteiger partial charge in [0.1, 0.15) is 0 Å². The molecule has 3 saturated heterocycles.